The van der Waals surface area contributed by atoms with Gasteiger partial charge >= 0.3 is 0 Å². The van der Waals surface area contributed by atoms with Gasteiger partial charge < -0.3 is 15.2 Å². The van der Waals surface area contributed by atoms with Crippen LogP contribution in [0.3, 0.4) is 0 Å². The number of aromatic hydroxyl groups is 1. The standard InChI is InChI=1S/C11H15NO2/c1-7-9-6-10(13)11(14-2)5-8(9)3-4-12-7/h5-7,12-13H,3-4H2,1-2H3/p+1/t7-/m0/s1. The van der Waals surface area contributed by atoms with Gasteiger partial charge in [0.15, 0.2) is 11.5 Å². The van der Waals surface area contributed by atoms with Crippen LogP contribution in [-0.4, -0.2) is 18.8 Å². The summed E-state index contributed by atoms with van der Waals surface area (Å²) >= 11 is 0. The van der Waals surface area contributed by atoms with Gasteiger partial charge in [-0.2, -0.15) is 0 Å². The second-order valence-electron chi connectivity index (χ2n) is 3.79. The number of benzene rings is 1. The van der Waals surface area contributed by atoms with Crippen molar-refractivity contribution in [2.24, 2.45) is 0 Å². The average molecular weight is 194 g/mol. The first-order valence-corrected chi connectivity index (χ1v) is 4.95. The second-order valence-corrected chi connectivity index (χ2v) is 3.79. The molecule has 1 aliphatic heterocycles. The van der Waals surface area contributed by atoms with E-state index in [-0.39, 0.29) is 5.75 Å². The Balaban J connectivity index is 2.48. The van der Waals surface area contributed by atoms with Crippen molar-refractivity contribution in [1.82, 2.24) is 0 Å². The first kappa shape index (κ1) is 9.34. The number of nitrogens with two attached hydrogens (primary N) is 1. The predicted molar refractivity (Wildman–Crippen MR) is 53.6 cm³/mol. The zero-order valence-electron chi connectivity index (χ0n) is 8.58. The van der Waals surface area contributed by atoms with Crippen molar-refractivity contribution in [3.8, 4) is 11.5 Å². The number of rotatable bonds is 1. The van der Waals surface area contributed by atoms with E-state index in [1.165, 1.54) is 11.1 Å². The highest BCUT2D eigenvalue weighted by Crippen LogP contribution is 2.32. The Bertz CT molecular complexity index is 349. The van der Waals surface area contributed by atoms with Gasteiger partial charge in [0.1, 0.15) is 6.04 Å². The summed E-state index contributed by atoms with van der Waals surface area (Å²) in [7, 11) is 1.58. The van der Waals surface area contributed by atoms with Gasteiger partial charge in [0.2, 0.25) is 0 Å². The van der Waals surface area contributed by atoms with Crippen molar-refractivity contribution in [3.63, 3.8) is 0 Å². The van der Waals surface area contributed by atoms with Gasteiger partial charge in [-0.1, -0.05) is 0 Å². The first-order chi connectivity index (χ1) is 6.72. The highest BCUT2D eigenvalue weighted by Gasteiger charge is 2.21. The first-order valence-electron chi connectivity index (χ1n) is 4.95. The van der Waals surface area contributed by atoms with Gasteiger partial charge in [0.05, 0.1) is 13.7 Å². The van der Waals surface area contributed by atoms with E-state index in [4.69, 9.17) is 4.74 Å². The molecule has 0 aromatic heterocycles. The number of quaternary nitrogens is 1. The van der Waals surface area contributed by atoms with Crippen LogP contribution in [0.1, 0.15) is 24.1 Å². The molecule has 1 aromatic carbocycles. The molecule has 2 rings (SSSR count). The van der Waals surface area contributed by atoms with E-state index < -0.39 is 0 Å². The third kappa shape index (κ3) is 1.44. The Hall–Kier alpha value is -1.22. The van der Waals surface area contributed by atoms with Crippen LogP contribution >= 0.6 is 0 Å². The molecule has 0 radical (unpaired) electrons. The van der Waals surface area contributed by atoms with Crippen molar-refractivity contribution >= 4 is 0 Å². The minimum atomic E-state index is 0.244. The van der Waals surface area contributed by atoms with E-state index in [1.807, 2.05) is 12.1 Å². The summed E-state index contributed by atoms with van der Waals surface area (Å²) in [5.74, 6) is 0.825. The lowest BCUT2D eigenvalue weighted by molar-refractivity contribution is -0.695. The third-order valence-electron chi connectivity index (χ3n) is 2.87. The average Bonchev–Trinajstić information content (AvgIpc) is 2.19. The molecule has 0 aliphatic carbocycles. The van der Waals surface area contributed by atoms with Gasteiger partial charge in [0.25, 0.3) is 0 Å². The number of fused-ring (bicyclic) bond motifs is 1. The van der Waals surface area contributed by atoms with Gasteiger partial charge in [-0.25, -0.2) is 0 Å². The molecular formula is C11H16NO2+. The summed E-state index contributed by atoms with van der Waals surface area (Å²) < 4.78 is 5.09. The number of methoxy groups -OCH3 is 1. The number of hydrogen-bond acceptors (Lipinski definition) is 2. The molecule has 76 valence electrons. The molecule has 0 spiro atoms. The van der Waals surface area contributed by atoms with E-state index in [0.717, 1.165) is 13.0 Å². The summed E-state index contributed by atoms with van der Waals surface area (Å²) in [6.45, 7) is 3.27. The van der Waals surface area contributed by atoms with E-state index >= 15 is 0 Å². The molecule has 1 aliphatic rings. The van der Waals surface area contributed by atoms with Crippen LogP contribution in [0.4, 0.5) is 0 Å². The van der Waals surface area contributed by atoms with Crippen LogP contribution < -0.4 is 10.1 Å². The Morgan fingerprint density at radius 3 is 3.00 bits per heavy atom. The molecule has 14 heavy (non-hydrogen) atoms. The highest BCUT2D eigenvalue weighted by molar-refractivity contribution is 5.47. The Morgan fingerprint density at radius 2 is 2.29 bits per heavy atom. The highest BCUT2D eigenvalue weighted by atomic mass is 16.5. The second kappa shape index (κ2) is 3.50. The fraction of sp³-hybridized carbons (Fsp3) is 0.455. The van der Waals surface area contributed by atoms with Crippen molar-refractivity contribution in [2.75, 3.05) is 13.7 Å². The molecule has 1 aromatic rings. The van der Waals surface area contributed by atoms with E-state index in [2.05, 4.69) is 12.2 Å². The van der Waals surface area contributed by atoms with Crippen molar-refractivity contribution in [3.05, 3.63) is 23.3 Å². The molecule has 0 amide bonds. The quantitative estimate of drug-likeness (QED) is 0.687. The topological polar surface area (TPSA) is 46.1 Å². The molecule has 1 heterocycles. The molecule has 0 saturated heterocycles. The van der Waals surface area contributed by atoms with E-state index in [9.17, 15) is 5.11 Å². The van der Waals surface area contributed by atoms with Crippen LogP contribution in [0.2, 0.25) is 0 Å². The Morgan fingerprint density at radius 1 is 1.50 bits per heavy atom. The minimum Gasteiger partial charge on any atom is -0.504 e. The normalized spacial score (nSPS) is 20.3. The largest absolute Gasteiger partial charge is 0.504 e. The van der Waals surface area contributed by atoms with Crippen molar-refractivity contribution in [1.29, 1.82) is 0 Å². The number of hydrogen-bond donors (Lipinski definition) is 2. The third-order valence-corrected chi connectivity index (χ3v) is 2.87. The number of ether oxygens (including phenoxy) is 1. The fourth-order valence-electron chi connectivity index (χ4n) is 2.05. The zero-order valence-corrected chi connectivity index (χ0v) is 8.58. The smallest absolute Gasteiger partial charge is 0.160 e. The molecule has 0 saturated carbocycles. The molecule has 0 bridgehead atoms. The lowest BCUT2D eigenvalue weighted by atomic mass is 9.95. The lowest BCUT2D eigenvalue weighted by Gasteiger charge is -2.21. The van der Waals surface area contributed by atoms with Gasteiger partial charge in [-0.05, 0) is 24.6 Å². The zero-order chi connectivity index (χ0) is 10.1. The molecule has 3 nitrogen and oxygen atoms in total. The van der Waals surface area contributed by atoms with Crippen LogP contribution in [-0.2, 0) is 6.42 Å². The molecule has 3 N–H and O–H groups in total. The van der Waals surface area contributed by atoms with Crippen LogP contribution in [0, 0.1) is 0 Å². The molecule has 0 unspecified atom stereocenters. The van der Waals surface area contributed by atoms with Crippen LogP contribution in [0.15, 0.2) is 12.1 Å². The predicted octanol–water partition coefficient (Wildman–Crippen LogP) is 0.581. The molecule has 0 fully saturated rings. The van der Waals surface area contributed by atoms with Crippen LogP contribution in [0.25, 0.3) is 0 Å². The van der Waals surface area contributed by atoms with E-state index in [1.54, 1.807) is 7.11 Å². The maximum absolute atomic E-state index is 9.65. The summed E-state index contributed by atoms with van der Waals surface area (Å²) in [5, 5.41) is 11.9. The molecular weight excluding hydrogens is 178 g/mol. The SMILES string of the molecule is COc1cc2c(cc1O)[C@H](C)[NH2+]CC2. The van der Waals surface area contributed by atoms with Gasteiger partial charge in [-0.15, -0.1) is 0 Å². The Kier molecular flexibility index (Phi) is 2.33. The van der Waals surface area contributed by atoms with Crippen molar-refractivity contribution in [2.45, 2.75) is 19.4 Å². The van der Waals surface area contributed by atoms with Crippen molar-refractivity contribution < 1.29 is 15.2 Å². The number of phenols is 1. The van der Waals surface area contributed by atoms with Gasteiger partial charge in [-0.3, -0.25) is 0 Å². The molecule has 1 atom stereocenters. The fourth-order valence-corrected chi connectivity index (χ4v) is 2.05. The minimum absolute atomic E-state index is 0.244. The maximum Gasteiger partial charge on any atom is 0.160 e. The summed E-state index contributed by atoms with van der Waals surface area (Å²) in [5.41, 5.74) is 2.53. The lowest BCUT2D eigenvalue weighted by Crippen LogP contribution is -2.86. The van der Waals surface area contributed by atoms with Crippen LogP contribution in [0.5, 0.6) is 11.5 Å². The summed E-state index contributed by atoms with van der Waals surface area (Å²) in [6, 6.07) is 4.22. The molecule has 3 heteroatoms. The maximum atomic E-state index is 9.65. The summed E-state index contributed by atoms with van der Waals surface area (Å²) in [4.78, 5) is 0. The number of phenolic OH excluding ortho intramolecular Hbond substituents is 1. The van der Waals surface area contributed by atoms with E-state index in [0.29, 0.717) is 11.8 Å². The monoisotopic (exact) mass is 194 g/mol. The summed E-state index contributed by atoms with van der Waals surface area (Å²) in [6.07, 6.45) is 1.05. The van der Waals surface area contributed by atoms with Gasteiger partial charge in [0, 0.05) is 12.0 Å². The Labute approximate surface area is 83.7 Å².